The maximum atomic E-state index is 15.1. The van der Waals surface area contributed by atoms with E-state index < -0.39 is 40.0 Å². The number of carbonyl (C=O) groups is 5. The Morgan fingerprint density at radius 2 is 1.64 bits per heavy atom. The van der Waals surface area contributed by atoms with Crippen LogP contribution in [0.2, 0.25) is 0 Å². The number of amides is 4. The Bertz CT molecular complexity index is 2430. The zero-order valence-electron chi connectivity index (χ0n) is 42.1. The first-order valence-electron chi connectivity index (χ1n) is 25.1. The predicted molar refractivity (Wildman–Crippen MR) is 268 cm³/mol. The number of carbonyl (C=O) groups excluding carboxylic acids is 5. The number of aromatic hydroxyl groups is 1. The van der Waals surface area contributed by atoms with Crippen LogP contribution in [0.3, 0.4) is 0 Å². The number of unbranched alkanes of at least 4 members (excludes halogenated alkanes) is 1. The Labute approximate surface area is 416 Å². The molecule has 1 aromatic rings. The smallest absolute Gasteiger partial charge is 0.315 e. The number of phenolic OH excluding ortho intramolecular Hbond substituents is 1. The van der Waals surface area contributed by atoms with E-state index in [-0.39, 0.29) is 72.3 Å². The number of thioether (sulfide) groups is 1. The van der Waals surface area contributed by atoms with Gasteiger partial charge in [-0.15, -0.1) is 0 Å². The van der Waals surface area contributed by atoms with E-state index in [9.17, 15) is 24.3 Å². The quantitative estimate of drug-likeness (QED) is 0.0341. The van der Waals surface area contributed by atoms with Gasteiger partial charge < -0.3 is 50.1 Å². The van der Waals surface area contributed by atoms with E-state index in [4.69, 9.17) is 23.7 Å². The largest absolute Gasteiger partial charge is 0.506 e. The topological polar surface area (TPSA) is 200 Å². The molecule has 380 valence electrons. The third-order valence-corrected chi connectivity index (χ3v) is 16.6. The van der Waals surface area contributed by atoms with Crippen LogP contribution in [-0.2, 0) is 35.0 Å². The molecule has 70 heavy (non-hydrogen) atoms. The van der Waals surface area contributed by atoms with Crippen molar-refractivity contribution in [1.29, 1.82) is 0 Å². The lowest BCUT2D eigenvalue weighted by atomic mass is 9.51. The first kappa shape index (κ1) is 51.5. The SMILES string of the molecule is CC(C)=CCCC1(C)C=Cc2c(O)c3c(c(CC=C(C)C)c2O1)OC12C(=CC4CC1C(C)(C)OC2(C/C=C(/C)C(=O)NCCOCCOCCNC(=O)CCCCC1SCC2NC(=O)NC21)C4=O)C3=O. The van der Waals surface area contributed by atoms with E-state index in [1.807, 2.05) is 64.6 Å². The number of phenols is 1. The maximum Gasteiger partial charge on any atom is 0.315 e. The Balaban J connectivity index is 0.863. The standard InChI is InChI=1S/C54H72N4O11S/c1-31(2)12-11-19-52(8)20-18-35-44(60)42-45(61)37-28-34-29-40-51(6,7)69-53(48(34)62,54(37,40)68-47(42)36(46(35)67-52)16-15-32(3)4)21-17-33(5)49(63)56-23-25-66-27-26-65-24-22-55-41(59)14-10-9-13-39-43-38(30-70-39)57-50(64)58-43/h12,15,17-18,20,28,34,38-40,43,60H,9-11,13-14,16,19,21-27,29-30H2,1-8H3,(H,55,59)(H,56,63)(H2,57,58,64)/b33-17-. The van der Waals surface area contributed by atoms with Crippen LogP contribution in [-0.4, -0.2) is 120 Å². The molecule has 0 radical (unpaired) electrons. The summed E-state index contributed by atoms with van der Waals surface area (Å²) in [6.07, 6.45) is 16.8. The molecule has 4 fully saturated rings. The van der Waals surface area contributed by atoms with Crippen LogP contribution >= 0.6 is 11.8 Å². The number of ketones is 2. The highest BCUT2D eigenvalue weighted by molar-refractivity contribution is 8.00. The third kappa shape index (κ3) is 9.86. The minimum Gasteiger partial charge on any atom is -0.506 e. The average molecular weight is 985 g/mol. The lowest BCUT2D eigenvalue weighted by Gasteiger charge is -2.56. The van der Waals surface area contributed by atoms with Gasteiger partial charge in [0.25, 0.3) is 0 Å². The summed E-state index contributed by atoms with van der Waals surface area (Å²) in [5.74, 6) is -0.591. The van der Waals surface area contributed by atoms with Gasteiger partial charge in [-0.2, -0.15) is 11.8 Å². The van der Waals surface area contributed by atoms with Crippen LogP contribution < -0.4 is 30.7 Å². The average Bonchev–Trinajstić information content (AvgIpc) is 3.91. The highest BCUT2D eigenvalue weighted by Crippen LogP contribution is 2.68. The minimum atomic E-state index is -1.64. The normalized spacial score (nSPS) is 29.4. The van der Waals surface area contributed by atoms with Gasteiger partial charge in [0, 0.05) is 65.5 Å². The van der Waals surface area contributed by atoms with Crippen molar-refractivity contribution >= 4 is 47.2 Å². The molecule has 4 amide bonds. The number of hydrogen-bond donors (Lipinski definition) is 5. The predicted octanol–water partition coefficient (Wildman–Crippen LogP) is 7.15. The molecule has 5 heterocycles. The highest BCUT2D eigenvalue weighted by Gasteiger charge is 2.81. The van der Waals surface area contributed by atoms with Gasteiger partial charge in [0.2, 0.25) is 11.8 Å². The molecule has 5 aliphatic heterocycles. The monoisotopic (exact) mass is 984 g/mol. The molecule has 4 bridgehead atoms. The molecule has 8 aliphatic rings. The number of benzene rings is 1. The van der Waals surface area contributed by atoms with Gasteiger partial charge in [0.05, 0.1) is 49.7 Å². The number of urea groups is 1. The van der Waals surface area contributed by atoms with Gasteiger partial charge in [0.15, 0.2) is 22.8 Å². The van der Waals surface area contributed by atoms with E-state index in [1.165, 1.54) is 5.57 Å². The molecule has 8 unspecified atom stereocenters. The molecule has 8 atom stereocenters. The minimum absolute atomic E-state index is 0.00998. The number of ether oxygens (including phenoxy) is 5. The van der Waals surface area contributed by atoms with Crippen molar-refractivity contribution < 1.29 is 52.8 Å². The van der Waals surface area contributed by atoms with Crippen LogP contribution in [0.5, 0.6) is 17.2 Å². The molecule has 9 rings (SSSR count). The fourth-order valence-electron chi connectivity index (χ4n) is 11.5. The number of nitrogens with one attached hydrogen (secondary N) is 4. The van der Waals surface area contributed by atoms with Crippen molar-refractivity contribution in [3.63, 3.8) is 0 Å². The van der Waals surface area contributed by atoms with E-state index in [0.29, 0.717) is 85.3 Å². The van der Waals surface area contributed by atoms with Crippen LogP contribution in [0.1, 0.15) is 128 Å². The summed E-state index contributed by atoms with van der Waals surface area (Å²) < 4.78 is 32.4. The van der Waals surface area contributed by atoms with E-state index in [2.05, 4.69) is 41.2 Å². The molecule has 5 N–H and O–H groups in total. The van der Waals surface area contributed by atoms with Crippen LogP contribution in [0.15, 0.2) is 52.7 Å². The Morgan fingerprint density at radius 3 is 2.37 bits per heavy atom. The number of Topliss-reactive ketones (excluding diaryl/α,β-unsaturated/α-hetero) is 2. The molecule has 1 saturated carbocycles. The van der Waals surface area contributed by atoms with E-state index in [1.54, 1.807) is 19.1 Å². The van der Waals surface area contributed by atoms with Crippen molar-refractivity contribution in [3.05, 3.63) is 69.4 Å². The van der Waals surface area contributed by atoms with Crippen LogP contribution in [0, 0.1) is 11.8 Å². The highest BCUT2D eigenvalue weighted by atomic mass is 32.2. The molecular formula is C54H72N4O11S. The molecule has 3 saturated heterocycles. The van der Waals surface area contributed by atoms with Crippen molar-refractivity contribution in [3.8, 4) is 17.2 Å². The van der Waals surface area contributed by atoms with Gasteiger partial charge in [-0.3, -0.25) is 19.2 Å². The summed E-state index contributed by atoms with van der Waals surface area (Å²) >= 11 is 1.88. The first-order chi connectivity index (χ1) is 33.3. The summed E-state index contributed by atoms with van der Waals surface area (Å²) in [6, 6.07) is 0.306. The molecule has 16 heteroatoms. The first-order valence-corrected chi connectivity index (χ1v) is 26.2. The number of fused-ring (bicyclic) bond motifs is 3. The van der Waals surface area contributed by atoms with Gasteiger partial charge in [0.1, 0.15) is 28.4 Å². The van der Waals surface area contributed by atoms with Gasteiger partial charge in [-0.1, -0.05) is 41.9 Å². The van der Waals surface area contributed by atoms with Crippen molar-refractivity contribution in [1.82, 2.24) is 21.3 Å². The lowest BCUT2D eigenvalue weighted by molar-refractivity contribution is -0.171. The van der Waals surface area contributed by atoms with Gasteiger partial charge in [-0.25, -0.2) is 4.79 Å². The second-order valence-corrected chi connectivity index (χ2v) is 22.4. The maximum absolute atomic E-state index is 15.1. The molecule has 1 spiro atoms. The Morgan fingerprint density at radius 1 is 0.914 bits per heavy atom. The van der Waals surface area contributed by atoms with Gasteiger partial charge >= 0.3 is 6.03 Å². The van der Waals surface area contributed by atoms with Crippen molar-refractivity contribution in [2.24, 2.45) is 11.8 Å². The zero-order valence-corrected chi connectivity index (χ0v) is 42.9. The molecular weight excluding hydrogens is 913 g/mol. The van der Waals surface area contributed by atoms with Gasteiger partial charge in [-0.05, 0) is 106 Å². The third-order valence-electron chi connectivity index (χ3n) is 15.1. The molecule has 0 aromatic heterocycles. The Kier molecular flexibility index (Phi) is 15.2. The summed E-state index contributed by atoms with van der Waals surface area (Å²) in [5.41, 5.74) is -0.726. The van der Waals surface area contributed by atoms with Crippen LogP contribution in [0.25, 0.3) is 6.08 Å². The second kappa shape index (κ2) is 20.7. The summed E-state index contributed by atoms with van der Waals surface area (Å²) in [6.45, 7) is 17.5. The zero-order chi connectivity index (χ0) is 50.2. The molecule has 15 nitrogen and oxygen atoms in total. The number of allylic oxidation sites excluding steroid dienone is 5. The number of rotatable bonds is 22. The molecule has 3 aliphatic carbocycles. The van der Waals surface area contributed by atoms with Crippen LogP contribution in [0.4, 0.5) is 4.79 Å². The van der Waals surface area contributed by atoms with E-state index in [0.717, 1.165) is 37.0 Å². The van der Waals surface area contributed by atoms with Crippen molar-refractivity contribution in [2.45, 2.75) is 153 Å². The second-order valence-electron chi connectivity index (χ2n) is 21.2. The van der Waals surface area contributed by atoms with Crippen molar-refractivity contribution in [2.75, 3.05) is 45.3 Å². The number of hydrogen-bond acceptors (Lipinski definition) is 12. The summed E-state index contributed by atoms with van der Waals surface area (Å²) in [5, 5.41) is 24.1. The Hall–Kier alpha value is -4.90. The van der Waals surface area contributed by atoms with E-state index >= 15 is 4.79 Å². The molecule has 1 aromatic carbocycles. The fraction of sp³-hybridized carbons (Fsp3) is 0.611. The summed E-state index contributed by atoms with van der Waals surface area (Å²) in [4.78, 5) is 67.2. The lowest BCUT2D eigenvalue weighted by Crippen LogP contribution is -2.72. The fourth-order valence-corrected chi connectivity index (χ4v) is 13.0. The summed E-state index contributed by atoms with van der Waals surface area (Å²) in [7, 11) is 0.